The van der Waals surface area contributed by atoms with Crippen molar-refractivity contribution in [2.45, 2.75) is 346 Å². The van der Waals surface area contributed by atoms with Crippen molar-refractivity contribution in [1.29, 1.82) is 0 Å². The topological polar surface area (TPSA) is 284 Å². The Balaban J connectivity index is 0.000000160. The average Bonchev–Trinajstić information content (AvgIpc) is 1.62. The van der Waals surface area contributed by atoms with Crippen LogP contribution >= 0.6 is 0 Å². The summed E-state index contributed by atoms with van der Waals surface area (Å²) in [5.41, 5.74) is 36.1. The Hall–Kier alpha value is -11.3. The number of hydrogen-bond acceptors (Lipinski definition) is 19. The summed E-state index contributed by atoms with van der Waals surface area (Å²) in [6.07, 6.45) is 0. The van der Waals surface area contributed by atoms with Crippen LogP contribution in [0.25, 0.3) is 88.9 Å². The van der Waals surface area contributed by atoms with Gasteiger partial charge in [-0.15, -0.1) is 5.10 Å². The number of rotatable bonds is 8. The third-order valence-electron chi connectivity index (χ3n) is 23.1. The van der Waals surface area contributed by atoms with Gasteiger partial charge in [-0.25, -0.2) is 84.1 Å². The van der Waals surface area contributed by atoms with Crippen molar-refractivity contribution < 1.29 is 0 Å². The zero-order valence-electron chi connectivity index (χ0n) is 82.3. The average molecular weight is 1670 g/mol. The van der Waals surface area contributed by atoms with Crippen molar-refractivity contribution in [3.8, 4) is 0 Å². The molecular weight excluding hydrogens is 1530 g/mol. The maximum atomic E-state index is 4.76. The van der Waals surface area contributed by atoms with E-state index in [4.69, 9.17) is 4.98 Å². The number of fused-ring (bicyclic) bond motifs is 8. The molecule has 123 heavy (non-hydrogen) atoms. The van der Waals surface area contributed by atoms with Crippen molar-refractivity contribution in [1.82, 2.24) is 132 Å². The van der Waals surface area contributed by atoms with Crippen LogP contribution in [0.3, 0.4) is 0 Å². The third kappa shape index (κ3) is 19.7. The lowest BCUT2D eigenvalue weighted by Gasteiger charge is -2.15. The van der Waals surface area contributed by atoms with E-state index in [9.17, 15) is 0 Å². The van der Waals surface area contributed by atoms with Crippen molar-refractivity contribution in [3.63, 3.8) is 0 Å². The molecule has 0 saturated carbocycles. The Morgan fingerprint density at radius 2 is 0.650 bits per heavy atom. The second-order valence-electron chi connectivity index (χ2n) is 35.5. The summed E-state index contributed by atoms with van der Waals surface area (Å²) in [7, 11) is 0. The van der Waals surface area contributed by atoms with Gasteiger partial charge in [0.2, 0.25) is 0 Å². The minimum atomic E-state index is 0.272. The van der Waals surface area contributed by atoms with E-state index in [0.29, 0.717) is 42.3 Å². The van der Waals surface area contributed by atoms with Gasteiger partial charge in [0.05, 0.1) is 67.8 Å². The fraction of sp³-hybridized carbons (Fsp3) is 0.531. The van der Waals surface area contributed by atoms with Crippen molar-refractivity contribution >= 4 is 88.9 Å². The van der Waals surface area contributed by atoms with Crippen LogP contribution in [0.15, 0.2) is 12.1 Å². The van der Waals surface area contributed by atoms with E-state index in [1.54, 1.807) is 0 Å². The van der Waals surface area contributed by atoms with Gasteiger partial charge in [0.25, 0.3) is 0 Å². The number of benzene rings is 1. The predicted molar refractivity (Wildman–Crippen MR) is 505 cm³/mol. The van der Waals surface area contributed by atoms with Crippen LogP contribution in [-0.4, -0.2) is 132 Å². The lowest BCUT2D eigenvalue weighted by Crippen LogP contribution is -2.05. The fourth-order valence-corrected chi connectivity index (χ4v) is 16.8. The summed E-state index contributed by atoms with van der Waals surface area (Å²) >= 11 is 0. The first-order chi connectivity index (χ1) is 57.3. The number of imidazole rings is 5. The summed E-state index contributed by atoms with van der Waals surface area (Å²) in [5.74, 6) is 7.67. The maximum Gasteiger partial charge on any atom is 0.197 e. The van der Waals surface area contributed by atoms with E-state index in [1.807, 2.05) is 106 Å². The lowest BCUT2D eigenvalue weighted by atomic mass is 9.97. The van der Waals surface area contributed by atoms with Crippen LogP contribution in [0.2, 0.25) is 0 Å². The molecule has 0 saturated heterocycles. The van der Waals surface area contributed by atoms with Crippen molar-refractivity contribution in [3.05, 3.63) is 166 Å². The molecule has 15 aromatic heterocycles. The Labute approximate surface area is 728 Å². The van der Waals surface area contributed by atoms with Crippen LogP contribution in [0, 0.1) is 187 Å². The van der Waals surface area contributed by atoms with Gasteiger partial charge in [-0.2, -0.15) is 5.10 Å². The Bertz CT molecular complexity index is 6450. The minimum absolute atomic E-state index is 0.272. The lowest BCUT2D eigenvalue weighted by molar-refractivity contribution is 0.526. The SMILES string of the molecule is Cc1c(C)c(C)c2c(nc(C)n2C(C)C)c1C.Cc1cc(C)c2nc(C)n(C(C)C)c2n1.Cc1cc2c(nc(C)n2C(C)C)c(C)n1.Cc1nc(C)c2c(C)c(C)n(C(C)C)c2n1.Cc1nc(C)c2c(C)nn(C(C)C)c2n1.Cc1nc(C)c2nnn(C(C)C)c2n1.Cc1nc2c(nc(C)n2C(C)C)c(C)c1C.Cc1nc2nc(C)n(C(C)C)c2nc1C. The zero-order chi connectivity index (χ0) is 91.9. The number of pyridine rings is 3. The highest BCUT2D eigenvalue weighted by molar-refractivity contribution is 5.87. The molecule has 27 nitrogen and oxygen atoms in total. The highest BCUT2D eigenvalue weighted by Gasteiger charge is 2.24. The molecule has 0 atom stereocenters. The normalized spacial score (nSPS) is 11.6. The van der Waals surface area contributed by atoms with Crippen LogP contribution in [0.1, 0.15) is 313 Å². The van der Waals surface area contributed by atoms with Crippen LogP contribution in [0.4, 0.5) is 0 Å². The van der Waals surface area contributed by atoms with Crippen molar-refractivity contribution in [2.24, 2.45) is 0 Å². The van der Waals surface area contributed by atoms with Gasteiger partial charge in [-0.3, -0.25) is 4.98 Å². The number of aromatic nitrogens is 27. The quantitative estimate of drug-likeness (QED) is 0.137. The third-order valence-corrected chi connectivity index (χ3v) is 23.1. The molecule has 16 rings (SSSR count). The molecule has 0 N–H and O–H groups in total. The van der Waals surface area contributed by atoms with Gasteiger partial charge >= 0.3 is 0 Å². The minimum Gasteiger partial charge on any atom is -0.327 e. The first kappa shape index (κ1) is 95.6. The highest BCUT2D eigenvalue weighted by Crippen LogP contribution is 2.34. The molecule has 0 spiro atoms. The van der Waals surface area contributed by atoms with Gasteiger partial charge < -0.3 is 27.4 Å². The van der Waals surface area contributed by atoms with Crippen LogP contribution < -0.4 is 0 Å². The number of hydrogen-bond donors (Lipinski definition) is 0. The molecule has 0 amide bonds. The second kappa shape index (κ2) is 38.3. The summed E-state index contributed by atoms with van der Waals surface area (Å²) in [6.45, 7) is 90.0. The molecule has 0 unspecified atom stereocenters. The second-order valence-corrected chi connectivity index (χ2v) is 35.5. The largest absolute Gasteiger partial charge is 0.327 e. The van der Waals surface area contributed by atoms with E-state index < -0.39 is 0 Å². The molecule has 15 heterocycles. The molecular formula is C96H139N27. The summed E-state index contributed by atoms with van der Waals surface area (Å²) in [5, 5.41) is 14.9. The summed E-state index contributed by atoms with van der Waals surface area (Å²) in [4.78, 5) is 72.1. The molecule has 658 valence electrons. The Morgan fingerprint density at radius 1 is 0.236 bits per heavy atom. The first-order valence-corrected chi connectivity index (χ1v) is 43.5. The molecule has 0 fully saturated rings. The molecule has 1 aromatic carbocycles. The first-order valence-electron chi connectivity index (χ1n) is 43.5. The van der Waals surface area contributed by atoms with E-state index in [1.165, 1.54) is 72.1 Å². The smallest absolute Gasteiger partial charge is 0.197 e. The zero-order valence-corrected chi connectivity index (χ0v) is 82.3. The highest BCUT2D eigenvalue weighted by atomic mass is 15.5. The number of aryl methyl sites for hydroxylation is 23. The summed E-state index contributed by atoms with van der Waals surface area (Å²) < 4.78 is 17.2. The molecule has 0 aliphatic rings. The predicted octanol–water partition coefficient (Wildman–Crippen LogP) is 22.6. The maximum absolute atomic E-state index is 4.76. The van der Waals surface area contributed by atoms with E-state index in [-0.39, 0.29) is 6.04 Å². The van der Waals surface area contributed by atoms with E-state index in [2.05, 4.69) is 330 Å². The standard InChI is InChI=1S/C15H22N2.2C13H19N3.2C12H17N3.2C11H16N4.C9H13N5/c1-8(2)17-13(7)16-14-11(5)9(3)10(4)12(6)15(14)17;1-7(2)16-10(5)8(3)12-9(4)14-11(6)15-13(12)16;1-7(2)16-11(6)15-12-9(4)8(3)10(5)14-13(12)16;1-7(2)15-10(5)14-12-9(4)13-8(3)6-11(12)15;1-7(2)15-10(5)14-11-8(3)6-9(4)13-12(11)15;1-6(2)15-11-10(8(4)14-15)7(3)12-9(5)13-11;1-6(2)15-9(5)14-10-11(15)13-8(4)7(3)12-10;1-5(2)14-9-8(12-13-14)6(3)10-7(4)11-9/h8H,1-7H3;2*7H,1-6H3;2*6-7H,1-5H3;2*6H,1-5H3;5H,1-4H3. The van der Waals surface area contributed by atoms with Gasteiger partial charge in [0, 0.05) is 70.5 Å². The van der Waals surface area contributed by atoms with E-state index >= 15 is 0 Å². The van der Waals surface area contributed by atoms with E-state index in [0.717, 1.165) is 171 Å². The molecule has 0 aliphatic carbocycles. The van der Waals surface area contributed by atoms with Gasteiger partial charge in [-0.05, 0) is 354 Å². The van der Waals surface area contributed by atoms with Crippen LogP contribution in [-0.2, 0) is 0 Å². The molecule has 0 aliphatic heterocycles. The Kier molecular flexibility index (Phi) is 29.7. The molecule has 27 heteroatoms. The monoisotopic (exact) mass is 1670 g/mol. The molecule has 0 bridgehead atoms. The summed E-state index contributed by atoms with van der Waals surface area (Å²) in [6, 6.07) is 7.31. The fourth-order valence-electron chi connectivity index (χ4n) is 16.8. The molecule has 16 aromatic rings. The van der Waals surface area contributed by atoms with Gasteiger partial charge in [0.15, 0.2) is 39.4 Å². The van der Waals surface area contributed by atoms with Gasteiger partial charge in [-0.1, -0.05) is 5.21 Å². The van der Waals surface area contributed by atoms with Crippen LogP contribution in [0.5, 0.6) is 0 Å². The Morgan fingerprint density at radius 3 is 1.20 bits per heavy atom. The number of nitrogens with zero attached hydrogens (tertiary/aromatic N) is 27. The van der Waals surface area contributed by atoms with Gasteiger partial charge in [0.1, 0.15) is 68.8 Å². The van der Waals surface area contributed by atoms with Crippen molar-refractivity contribution in [2.75, 3.05) is 0 Å². The molecule has 0 radical (unpaired) electrons.